The number of anilines is 1. The number of benzene rings is 3. The summed E-state index contributed by atoms with van der Waals surface area (Å²) in [4.78, 5) is 12.0. The topological polar surface area (TPSA) is 67.4 Å². The lowest BCUT2D eigenvalue weighted by atomic mass is 10.1. The first-order valence-electron chi connectivity index (χ1n) is 10.9. The van der Waals surface area contributed by atoms with Crippen molar-refractivity contribution in [2.45, 2.75) is 13.8 Å². The molecule has 5 heteroatoms. The summed E-state index contributed by atoms with van der Waals surface area (Å²) in [5.74, 6) is 6.37. The second-order valence-electron chi connectivity index (χ2n) is 7.39. The minimum atomic E-state index is 0.503. The molecule has 0 saturated carbocycles. The Morgan fingerprint density at radius 1 is 0.750 bits per heavy atom. The number of nitrogens with two attached hydrogens (primary N) is 1. The van der Waals surface area contributed by atoms with E-state index in [2.05, 4.69) is 36.0 Å². The minimum Gasteiger partial charge on any atom is -0.372 e. The predicted octanol–water partition coefficient (Wildman–Crippen LogP) is 5.37. The van der Waals surface area contributed by atoms with Crippen molar-refractivity contribution in [2.24, 2.45) is 10.9 Å². The van der Waals surface area contributed by atoms with Gasteiger partial charge in [-0.25, -0.2) is 9.97 Å². The number of hydrazone groups is 1. The van der Waals surface area contributed by atoms with Crippen molar-refractivity contribution in [2.75, 3.05) is 18.0 Å². The van der Waals surface area contributed by atoms with Gasteiger partial charge in [0.25, 0.3) is 0 Å². The molecule has 0 fully saturated rings. The number of hydrogen-bond acceptors (Lipinski definition) is 5. The van der Waals surface area contributed by atoms with E-state index in [1.54, 1.807) is 0 Å². The van der Waals surface area contributed by atoms with Crippen molar-refractivity contribution in [1.82, 2.24) is 9.97 Å². The molecule has 0 aliphatic carbocycles. The van der Waals surface area contributed by atoms with Gasteiger partial charge in [-0.3, -0.25) is 0 Å². The zero-order chi connectivity index (χ0) is 22.3. The van der Waals surface area contributed by atoms with Crippen molar-refractivity contribution in [3.8, 4) is 22.5 Å². The van der Waals surface area contributed by atoms with E-state index in [4.69, 9.17) is 15.8 Å². The Morgan fingerprint density at radius 2 is 1.25 bits per heavy atom. The highest BCUT2D eigenvalue weighted by Gasteiger charge is 2.15. The molecule has 0 spiro atoms. The Balaban J connectivity index is 1.80. The van der Waals surface area contributed by atoms with Gasteiger partial charge in [-0.1, -0.05) is 72.8 Å². The van der Waals surface area contributed by atoms with Crippen LogP contribution in [0.4, 0.5) is 5.69 Å². The molecule has 4 rings (SSSR count). The summed E-state index contributed by atoms with van der Waals surface area (Å²) in [5, 5.41) is 4.09. The standard InChI is InChI=1S/C27H27N5/c1-3-32(4-2)23-17-15-22(16-18-23)26(31-28)27-29-24(20-11-7-5-8-12-20)19-25(30-27)21-13-9-6-10-14-21/h5-19H,3-4,28H2,1-2H3/b31-26+. The molecule has 4 aromatic rings. The molecule has 0 unspecified atom stereocenters. The highest BCUT2D eigenvalue weighted by Crippen LogP contribution is 2.25. The molecule has 160 valence electrons. The van der Waals surface area contributed by atoms with Crippen molar-refractivity contribution in [1.29, 1.82) is 0 Å². The molecule has 3 aromatic carbocycles. The predicted molar refractivity (Wildman–Crippen MR) is 133 cm³/mol. The average Bonchev–Trinajstić information content (AvgIpc) is 2.87. The van der Waals surface area contributed by atoms with Gasteiger partial charge >= 0.3 is 0 Å². The summed E-state index contributed by atoms with van der Waals surface area (Å²) in [6.07, 6.45) is 0. The lowest BCUT2D eigenvalue weighted by Crippen LogP contribution is -2.21. The summed E-state index contributed by atoms with van der Waals surface area (Å²) >= 11 is 0. The van der Waals surface area contributed by atoms with Crippen LogP contribution in [0.3, 0.4) is 0 Å². The van der Waals surface area contributed by atoms with E-state index in [-0.39, 0.29) is 0 Å². The maximum Gasteiger partial charge on any atom is 0.181 e. The lowest BCUT2D eigenvalue weighted by Gasteiger charge is -2.21. The van der Waals surface area contributed by atoms with Crippen molar-refractivity contribution >= 4 is 11.4 Å². The maximum absolute atomic E-state index is 5.86. The number of aromatic nitrogens is 2. The fourth-order valence-electron chi connectivity index (χ4n) is 3.75. The van der Waals surface area contributed by atoms with E-state index >= 15 is 0 Å². The monoisotopic (exact) mass is 421 g/mol. The van der Waals surface area contributed by atoms with Crippen LogP contribution >= 0.6 is 0 Å². The molecule has 0 amide bonds. The first-order chi connectivity index (χ1) is 15.7. The summed E-state index contributed by atoms with van der Waals surface area (Å²) in [5.41, 5.74) is 6.30. The second-order valence-corrected chi connectivity index (χ2v) is 7.39. The molecular weight excluding hydrogens is 394 g/mol. The second kappa shape index (κ2) is 9.88. The third-order valence-corrected chi connectivity index (χ3v) is 5.48. The fourth-order valence-corrected chi connectivity index (χ4v) is 3.75. The summed E-state index contributed by atoms with van der Waals surface area (Å²) in [7, 11) is 0. The van der Waals surface area contributed by atoms with E-state index in [1.807, 2.05) is 78.9 Å². The van der Waals surface area contributed by atoms with Crippen molar-refractivity contribution in [3.63, 3.8) is 0 Å². The summed E-state index contributed by atoms with van der Waals surface area (Å²) in [6, 6.07) is 30.4. The van der Waals surface area contributed by atoms with Crippen LogP contribution in [0.25, 0.3) is 22.5 Å². The van der Waals surface area contributed by atoms with Crippen LogP contribution in [0.5, 0.6) is 0 Å². The SMILES string of the molecule is CCN(CC)c1ccc(/C(=N\N)c2nc(-c3ccccc3)cc(-c3ccccc3)n2)cc1. The Kier molecular flexibility index (Phi) is 6.56. The Labute approximate surface area is 189 Å². The van der Waals surface area contributed by atoms with Crippen molar-refractivity contribution < 1.29 is 0 Å². The molecule has 5 nitrogen and oxygen atoms in total. The van der Waals surface area contributed by atoms with Gasteiger partial charge in [-0.05, 0) is 32.0 Å². The van der Waals surface area contributed by atoms with Crippen LogP contribution in [-0.2, 0) is 0 Å². The Hall–Kier alpha value is -3.99. The van der Waals surface area contributed by atoms with E-state index < -0.39 is 0 Å². The van der Waals surface area contributed by atoms with Crippen molar-refractivity contribution in [3.05, 3.63) is 102 Å². The molecule has 2 N–H and O–H groups in total. The first kappa shape index (κ1) is 21.2. The fraction of sp³-hybridized carbons (Fsp3) is 0.148. The number of rotatable bonds is 7. The van der Waals surface area contributed by atoms with Crippen LogP contribution < -0.4 is 10.7 Å². The average molecular weight is 422 g/mol. The van der Waals surface area contributed by atoms with Gasteiger partial charge in [0.15, 0.2) is 5.82 Å². The van der Waals surface area contributed by atoms with Gasteiger partial charge in [0, 0.05) is 35.5 Å². The third kappa shape index (κ3) is 4.52. The molecule has 0 bridgehead atoms. The molecule has 0 aliphatic heterocycles. The van der Waals surface area contributed by atoms with Crippen LogP contribution in [0.1, 0.15) is 25.2 Å². The summed E-state index contributed by atoms with van der Waals surface area (Å²) in [6.45, 7) is 6.21. The smallest absolute Gasteiger partial charge is 0.181 e. The van der Waals surface area contributed by atoms with Gasteiger partial charge in [-0.15, -0.1) is 0 Å². The van der Waals surface area contributed by atoms with Crippen LogP contribution in [-0.4, -0.2) is 28.8 Å². The number of nitrogens with zero attached hydrogens (tertiary/aromatic N) is 4. The molecule has 0 saturated heterocycles. The molecule has 32 heavy (non-hydrogen) atoms. The van der Waals surface area contributed by atoms with Crippen LogP contribution in [0.15, 0.2) is 96.1 Å². The zero-order valence-electron chi connectivity index (χ0n) is 18.4. The van der Waals surface area contributed by atoms with E-state index in [0.717, 1.165) is 41.2 Å². The minimum absolute atomic E-state index is 0.503. The highest BCUT2D eigenvalue weighted by atomic mass is 15.1. The molecule has 1 aromatic heterocycles. The zero-order valence-corrected chi connectivity index (χ0v) is 18.4. The molecular formula is C27H27N5. The van der Waals surface area contributed by atoms with Gasteiger partial charge in [0.05, 0.1) is 11.4 Å². The van der Waals surface area contributed by atoms with Crippen LogP contribution in [0.2, 0.25) is 0 Å². The van der Waals surface area contributed by atoms with Crippen LogP contribution in [0, 0.1) is 0 Å². The lowest BCUT2D eigenvalue weighted by molar-refractivity contribution is 0.866. The largest absolute Gasteiger partial charge is 0.372 e. The van der Waals surface area contributed by atoms with E-state index in [1.165, 1.54) is 5.69 Å². The summed E-state index contributed by atoms with van der Waals surface area (Å²) < 4.78 is 0. The molecule has 0 atom stereocenters. The Morgan fingerprint density at radius 3 is 1.69 bits per heavy atom. The van der Waals surface area contributed by atoms with Gasteiger partial charge < -0.3 is 10.7 Å². The van der Waals surface area contributed by atoms with Gasteiger partial charge in [-0.2, -0.15) is 5.10 Å². The van der Waals surface area contributed by atoms with E-state index in [0.29, 0.717) is 11.5 Å². The normalized spacial score (nSPS) is 11.4. The van der Waals surface area contributed by atoms with E-state index in [9.17, 15) is 0 Å². The molecule has 0 aliphatic rings. The van der Waals surface area contributed by atoms with Gasteiger partial charge in [0.2, 0.25) is 0 Å². The molecule has 1 heterocycles. The molecule has 0 radical (unpaired) electrons. The Bertz CT molecular complexity index is 1120. The highest BCUT2D eigenvalue weighted by molar-refractivity contribution is 6.11. The number of hydrogen-bond donors (Lipinski definition) is 1. The van der Waals surface area contributed by atoms with Gasteiger partial charge in [0.1, 0.15) is 5.71 Å². The first-order valence-corrected chi connectivity index (χ1v) is 10.9. The maximum atomic E-state index is 5.86. The third-order valence-electron chi connectivity index (χ3n) is 5.48. The quantitative estimate of drug-likeness (QED) is 0.248.